The maximum absolute atomic E-state index is 6.50. The standard InChI is InChI=1S/C18H37N.CHN/c1-3-5-6-7-8-9-10-11-15-19-16-13-18(12-4-2)14-17-19;1-2/h18H,3-17H2,1-2H3;1H. The topological polar surface area (TPSA) is 27.0 Å². The van der Waals surface area contributed by atoms with Gasteiger partial charge in [-0.15, -0.1) is 0 Å². The fourth-order valence-electron chi connectivity index (χ4n) is 3.38. The van der Waals surface area contributed by atoms with Crippen molar-refractivity contribution in [3.63, 3.8) is 0 Å². The van der Waals surface area contributed by atoms with Crippen molar-refractivity contribution in [3.8, 4) is 6.57 Å². The summed E-state index contributed by atoms with van der Waals surface area (Å²) in [6.07, 6.45) is 17.3. The van der Waals surface area contributed by atoms with Crippen LogP contribution in [-0.2, 0) is 0 Å². The summed E-state index contributed by atoms with van der Waals surface area (Å²) >= 11 is 0. The number of nitriles is 1. The Morgan fingerprint density at radius 2 is 1.33 bits per heavy atom. The molecule has 0 saturated carbocycles. The number of hydrogen-bond acceptors (Lipinski definition) is 2. The van der Waals surface area contributed by atoms with Crippen molar-refractivity contribution < 1.29 is 0 Å². The molecule has 0 N–H and O–H groups in total. The summed E-state index contributed by atoms with van der Waals surface area (Å²) in [6.45, 7) is 12.2. The van der Waals surface area contributed by atoms with E-state index in [0.29, 0.717) is 0 Å². The van der Waals surface area contributed by atoms with E-state index in [9.17, 15) is 0 Å². The van der Waals surface area contributed by atoms with E-state index in [1.165, 1.54) is 96.7 Å². The molecule has 0 spiro atoms. The Balaban J connectivity index is 0.00000191. The second-order valence-corrected chi connectivity index (χ2v) is 6.55. The zero-order valence-corrected chi connectivity index (χ0v) is 14.7. The lowest BCUT2D eigenvalue weighted by atomic mass is 9.92. The van der Waals surface area contributed by atoms with Crippen molar-refractivity contribution in [3.05, 3.63) is 0 Å². The Morgan fingerprint density at radius 1 is 0.810 bits per heavy atom. The summed E-state index contributed by atoms with van der Waals surface area (Å²) in [5, 5.41) is 6.50. The van der Waals surface area contributed by atoms with Gasteiger partial charge in [0.05, 0.1) is 0 Å². The van der Waals surface area contributed by atoms with Gasteiger partial charge in [0.15, 0.2) is 0 Å². The van der Waals surface area contributed by atoms with Crippen LogP contribution in [0.1, 0.15) is 90.9 Å². The number of rotatable bonds is 11. The lowest BCUT2D eigenvalue weighted by Gasteiger charge is -2.31. The van der Waals surface area contributed by atoms with E-state index >= 15 is 0 Å². The minimum atomic E-state index is 1.04. The second kappa shape index (κ2) is 15.8. The molecule has 2 heteroatoms. The predicted octanol–water partition coefficient (Wildman–Crippen LogP) is 5.78. The smallest absolute Gasteiger partial charge is 0.0462 e. The first-order valence-corrected chi connectivity index (χ1v) is 9.35. The van der Waals surface area contributed by atoms with Gasteiger partial charge in [0.2, 0.25) is 0 Å². The van der Waals surface area contributed by atoms with Gasteiger partial charge < -0.3 is 4.90 Å². The zero-order chi connectivity index (χ0) is 15.8. The molecule has 1 saturated heterocycles. The maximum Gasteiger partial charge on any atom is 0.0462 e. The summed E-state index contributed by atoms with van der Waals surface area (Å²) in [6, 6.07) is 0. The van der Waals surface area contributed by atoms with Crippen LogP contribution in [0.4, 0.5) is 0 Å². The van der Waals surface area contributed by atoms with Gasteiger partial charge in [0.1, 0.15) is 0 Å². The highest BCUT2D eigenvalue weighted by atomic mass is 15.1. The molecule has 0 amide bonds. The molecule has 2 nitrogen and oxygen atoms in total. The van der Waals surface area contributed by atoms with Crippen LogP contribution in [0.3, 0.4) is 0 Å². The van der Waals surface area contributed by atoms with Crippen molar-refractivity contribution in [2.24, 2.45) is 5.92 Å². The first-order chi connectivity index (χ1) is 10.4. The van der Waals surface area contributed by atoms with E-state index in [1.54, 1.807) is 0 Å². The Bertz CT molecular complexity index is 217. The number of piperidine rings is 1. The van der Waals surface area contributed by atoms with Crippen LogP contribution in [0.15, 0.2) is 0 Å². The highest BCUT2D eigenvalue weighted by Gasteiger charge is 2.17. The fourth-order valence-corrected chi connectivity index (χ4v) is 3.38. The molecule has 0 aromatic rings. The van der Waals surface area contributed by atoms with Crippen molar-refractivity contribution in [1.82, 2.24) is 4.90 Å². The fraction of sp³-hybridized carbons (Fsp3) is 0.947. The van der Waals surface area contributed by atoms with Gasteiger partial charge in [-0.2, -0.15) is 0 Å². The minimum absolute atomic E-state index is 1.04. The van der Waals surface area contributed by atoms with Crippen molar-refractivity contribution in [2.45, 2.75) is 90.9 Å². The van der Waals surface area contributed by atoms with Gasteiger partial charge in [0.25, 0.3) is 0 Å². The monoisotopic (exact) mass is 294 g/mol. The van der Waals surface area contributed by atoms with Crippen LogP contribution in [0.5, 0.6) is 0 Å². The van der Waals surface area contributed by atoms with Gasteiger partial charge in [-0.05, 0) is 44.8 Å². The molecule has 1 fully saturated rings. The Kier molecular flexibility index (Phi) is 15.4. The SMILES string of the molecule is C#N.CCCCCCCCCCN1CCC(CCC)CC1. The average Bonchev–Trinajstić information content (AvgIpc) is 2.54. The first kappa shape index (κ1) is 20.5. The van der Waals surface area contributed by atoms with Gasteiger partial charge in [-0.25, -0.2) is 5.26 Å². The lowest BCUT2D eigenvalue weighted by Crippen LogP contribution is -2.34. The second-order valence-electron chi connectivity index (χ2n) is 6.55. The molecule has 0 radical (unpaired) electrons. The Labute approximate surface area is 133 Å². The van der Waals surface area contributed by atoms with Crippen molar-refractivity contribution in [1.29, 1.82) is 5.26 Å². The van der Waals surface area contributed by atoms with E-state index in [1.807, 2.05) is 0 Å². The molecular formula is C19H38N2. The van der Waals surface area contributed by atoms with Gasteiger partial charge in [0, 0.05) is 6.57 Å². The highest BCUT2D eigenvalue weighted by Crippen LogP contribution is 2.21. The van der Waals surface area contributed by atoms with Crippen LogP contribution >= 0.6 is 0 Å². The van der Waals surface area contributed by atoms with Crippen LogP contribution in [0.25, 0.3) is 0 Å². The summed E-state index contributed by atoms with van der Waals surface area (Å²) in [5.41, 5.74) is 0. The molecule has 1 aliphatic heterocycles. The molecule has 1 aliphatic rings. The van der Waals surface area contributed by atoms with Gasteiger partial charge in [-0.3, -0.25) is 0 Å². The third-order valence-electron chi connectivity index (χ3n) is 4.73. The number of likely N-dealkylation sites (tertiary alicyclic amines) is 1. The normalized spacial score (nSPS) is 16.4. The molecule has 1 rings (SSSR count). The van der Waals surface area contributed by atoms with E-state index < -0.39 is 0 Å². The van der Waals surface area contributed by atoms with Gasteiger partial charge in [-0.1, -0.05) is 71.6 Å². The van der Waals surface area contributed by atoms with Crippen LogP contribution in [0, 0.1) is 17.8 Å². The number of nitrogens with zero attached hydrogens (tertiary/aromatic N) is 2. The third kappa shape index (κ3) is 11.8. The highest BCUT2D eigenvalue weighted by molar-refractivity contribution is 4.71. The van der Waals surface area contributed by atoms with Crippen LogP contribution < -0.4 is 0 Å². The van der Waals surface area contributed by atoms with E-state index in [-0.39, 0.29) is 0 Å². The Hall–Kier alpha value is -0.550. The third-order valence-corrected chi connectivity index (χ3v) is 4.73. The van der Waals surface area contributed by atoms with E-state index in [2.05, 4.69) is 25.3 Å². The molecule has 21 heavy (non-hydrogen) atoms. The molecule has 0 atom stereocenters. The molecule has 0 unspecified atom stereocenters. The summed E-state index contributed by atoms with van der Waals surface area (Å²) in [5.74, 6) is 1.04. The molecule has 0 aliphatic carbocycles. The van der Waals surface area contributed by atoms with Crippen molar-refractivity contribution in [2.75, 3.05) is 19.6 Å². The zero-order valence-electron chi connectivity index (χ0n) is 14.7. The molecule has 1 heterocycles. The predicted molar refractivity (Wildman–Crippen MR) is 93.4 cm³/mol. The number of unbranched alkanes of at least 4 members (excludes halogenated alkanes) is 7. The maximum atomic E-state index is 6.50. The quantitative estimate of drug-likeness (QED) is 0.452. The largest absolute Gasteiger partial charge is 0.303 e. The summed E-state index contributed by atoms with van der Waals surface area (Å²) in [4.78, 5) is 2.71. The van der Waals surface area contributed by atoms with Gasteiger partial charge >= 0.3 is 0 Å². The molecule has 0 bridgehead atoms. The minimum Gasteiger partial charge on any atom is -0.303 e. The summed E-state index contributed by atoms with van der Waals surface area (Å²) < 4.78 is 0. The molecule has 0 aromatic heterocycles. The Morgan fingerprint density at radius 3 is 1.86 bits per heavy atom. The first-order valence-electron chi connectivity index (χ1n) is 9.35. The lowest BCUT2D eigenvalue weighted by molar-refractivity contribution is 0.175. The average molecular weight is 295 g/mol. The molecule has 124 valence electrons. The van der Waals surface area contributed by atoms with Crippen LogP contribution in [0.2, 0.25) is 0 Å². The number of hydrogen-bond donors (Lipinski definition) is 0. The summed E-state index contributed by atoms with van der Waals surface area (Å²) in [7, 11) is 0. The molecule has 0 aromatic carbocycles. The van der Waals surface area contributed by atoms with E-state index in [4.69, 9.17) is 5.26 Å². The molecular weight excluding hydrogens is 256 g/mol. The van der Waals surface area contributed by atoms with Crippen molar-refractivity contribution >= 4 is 0 Å². The van der Waals surface area contributed by atoms with Crippen LogP contribution in [-0.4, -0.2) is 24.5 Å². The van der Waals surface area contributed by atoms with E-state index in [0.717, 1.165) is 5.92 Å².